The molecular formula is C26H21FN2O3S. The Kier molecular flexibility index (Phi) is 7.12. The van der Waals surface area contributed by atoms with Crippen LogP contribution in [0.15, 0.2) is 96.4 Å². The van der Waals surface area contributed by atoms with E-state index >= 15 is 0 Å². The molecule has 2 amide bonds. The van der Waals surface area contributed by atoms with E-state index in [9.17, 15) is 14.0 Å². The third kappa shape index (κ3) is 5.84. The molecular weight excluding hydrogens is 439 g/mol. The average molecular weight is 461 g/mol. The number of carbonyl (C=O) groups excluding carboxylic acids is 2. The number of para-hydroxylation sites is 2. The van der Waals surface area contributed by atoms with Gasteiger partial charge in [-0.1, -0.05) is 48.5 Å². The number of ether oxygens (including phenoxy) is 1. The SMILES string of the molecule is O=C(COc1ccccc1C(=O)Nc1ccccc1)N[C@@H](c1ccc(F)cc1)c1cccs1. The molecule has 4 aromatic rings. The summed E-state index contributed by atoms with van der Waals surface area (Å²) < 4.78 is 19.1. The molecule has 0 unspecified atom stereocenters. The summed E-state index contributed by atoms with van der Waals surface area (Å²) >= 11 is 1.49. The van der Waals surface area contributed by atoms with Crippen molar-refractivity contribution in [2.75, 3.05) is 11.9 Å². The van der Waals surface area contributed by atoms with Crippen molar-refractivity contribution >= 4 is 28.8 Å². The second-order valence-electron chi connectivity index (χ2n) is 7.17. The van der Waals surface area contributed by atoms with Gasteiger partial charge >= 0.3 is 0 Å². The van der Waals surface area contributed by atoms with Gasteiger partial charge in [0.2, 0.25) is 0 Å². The first-order valence-corrected chi connectivity index (χ1v) is 11.1. The second kappa shape index (κ2) is 10.6. The summed E-state index contributed by atoms with van der Waals surface area (Å²) in [5.74, 6) is -0.741. The Balaban J connectivity index is 1.44. The minimum absolute atomic E-state index is 0.279. The molecule has 0 fully saturated rings. The molecule has 0 saturated carbocycles. The number of rotatable bonds is 8. The Morgan fingerprint density at radius 1 is 0.879 bits per heavy atom. The molecule has 1 aromatic heterocycles. The monoisotopic (exact) mass is 460 g/mol. The maximum absolute atomic E-state index is 13.4. The van der Waals surface area contributed by atoms with Gasteiger partial charge in [0.25, 0.3) is 11.8 Å². The number of anilines is 1. The zero-order valence-corrected chi connectivity index (χ0v) is 18.3. The van der Waals surface area contributed by atoms with Gasteiger partial charge < -0.3 is 15.4 Å². The highest BCUT2D eigenvalue weighted by Crippen LogP contribution is 2.26. The van der Waals surface area contributed by atoms with Crippen molar-refractivity contribution in [2.24, 2.45) is 0 Å². The van der Waals surface area contributed by atoms with Crippen molar-refractivity contribution in [3.8, 4) is 5.75 Å². The van der Waals surface area contributed by atoms with Gasteiger partial charge in [0.15, 0.2) is 6.61 Å². The lowest BCUT2D eigenvalue weighted by molar-refractivity contribution is -0.123. The summed E-state index contributed by atoms with van der Waals surface area (Å²) in [6.07, 6.45) is 0. The van der Waals surface area contributed by atoms with E-state index in [2.05, 4.69) is 10.6 Å². The number of hydrogen-bond donors (Lipinski definition) is 2. The number of thiophene rings is 1. The molecule has 166 valence electrons. The Morgan fingerprint density at radius 3 is 2.33 bits per heavy atom. The van der Waals surface area contributed by atoms with Gasteiger partial charge in [0, 0.05) is 10.6 Å². The fraction of sp³-hybridized carbons (Fsp3) is 0.0769. The van der Waals surface area contributed by atoms with E-state index in [0.29, 0.717) is 17.0 Å². The highest BCUT2D eigenvalue weighted by atomic mass is 32.1. The van der Waals surface area contributed by atoms with Crippen LogP contribution in [0.1, 0.15) is 26.8 Å². The molecule has 0 saturated heterocycles. The molecule has 0 radical (unpaired) electrons. The van der Waals surface area contributed by atoms with Crippen LogP contribution in [0, 0.1) is 5.82 Å². The molecule has 0 bridgehead atoms. The number of hydrogen-bond acceptors (Lipinski definition) is 4. The number of halogens is 1. The summed E-state index contributed by atoms with van der Waals surface area (Å²) in [5, 5.41) is 7.66. The van der Waals surface area contributed by atoms with Crippen molar-refractivity contribution in [1.82, 2.24) is 5.32 Å². The molecule has 2 N–H and O–H groups in total. The van der Waals surface area contributed by atoms with E-state index in [4.69, 9.17) is 4.74 Å². The van der Waals surface area contributed by atoms with Crippen LogP contribution in [0.4, 0.5) is 10.1 Å². The quantitative estimate of drug-likeness (QED) is 0.369. The summed E-state index contributed by atoms with van der Waals surface area (Å²) in [7, 11) is 0. The Bertz CT molecular complexity index is 1210. The van der Waals surface area contributed by atoms with Gasteiger partial charge in [-0.15, -0.1) is 11.3 Å². The second-order valence-corrected chi connectivity index (χ2v) is 8.15. The molecule has 1 heterocycles. The lowest BCUT2D eigenvalue weighted by atomic mass is 10.1. The molecule has 33 heavy (non-hydrogen) atoms. The van der Waals surface area contributed by atoms with Gasteiger partial charge in [0.05, 0.1) is 11.6 Å². The van der Waals surface area contributed by atoms with Crippen LogP contribution in [-0.2, 0) is 4.79 Å². The molecule has 0 aliphatic carbocycles. The first-order chi connectivity index (χ1) is 16.1. The van der Waals surface area contributed by atoms with Crippen molar-refractivity contribution < 1.29 is 18.7 Å². The van der Waals surface area contributed by atoms with Gasteiger partial charge in [-0.05, 0) is 53.4 Å². The molecule has 0 aliphatic rings. The molecule has 0 aliphatic heterocycles. The molecule has 3 aromatic carbocycles. The maximum atomic E-state index is 13.4. The topological polar surface area (TPSA) is 67.4 Å². The van der Waals surface area contributed by atoms with Crippen LogP contribution >= 0.6 is 11.3 Å². The van der Waals surface area contributed by atoms with Crippen molar-refractivity contribution in [3.05, 3.63) is 118 Å². The highest BCUT2D eigenvalue weighted by Gasteiger charge is 2.19. The third-order valence-corrected chi connectivity index (χ3v) is 5.80. The van der Waals surface area contributed by atoms with E-state index in [1.165, 1.54) is 23.5 Å². The van der Waals surface area contributed by atoms with Gasteiger partial charge in [0.1, 0.15) is 11.6 Å². The third-order valence-electron chi connectivity index (χ3n) is 4.86. The van der Waals surface area contributed by atoms with Crippen LogP contribution in [0.25, 0.3) is 0 Å². The van der Waals surface area contributed by atoms with Crippen LogP contribution in [-0.4, -0.2) is 18.4 Å². The van der Waals surface area contributed by atoms with E-state index < -0.39 is 6.04 Å². The number of nitrogens with one attached hydrogen (secondary N) is 2. The highest BCUT2D eigenvalue weighted by molar-refractivity contribution is 7.10. The fourth-order valence-corrected chi connectivity index (χ4v) is 4.08. The van der Waals surface area contributed by atoms with Crippen LogP contribution < -0.4 is 15.4 Å². The van der Waals surface area contributed by atoms with Crippen molar-refractivity contribution in [2.45, 2.75) is 6.04 Å². The largest absolute Gasteiger partial charge is 0.483 e. The molecule has 7 heteroatoms. The van der Waals surface area contributed by atoms with Crippen molar-refractivity contribution in [1.29, 1.82) is 0 Å². The summed E-state index contributed by atoms with van der Waals surface area (Å²) in [6, 6.07) is 25.2. The summed E-state index contributed by atoms with van der Waals surface area (Å²) in [5.41, 5.74) is 1.74. The molecule has 4 rings (SSSR count). The first kappa shape index (κ1) is 22.2. The van der Waals surface area contributed by atoms with Crippen molar-refractivity contribution in [3.63, 3.8) is 0 Å². The van der Waals surface area contributed by atoms with Gasteiger partial charge in [-0.25, -0.2) is 4.39 Å². The van der Waals surface area contributed by atoms with E-state index in [1.807, 2.05) is 35.7 Å². The fourth-order valence-electron chi connectivity index (χ4n) is 3.28. The van der Waals surface area contributed by atoms with E-state index in [0.717, 1.165) is 10.4 Å². The van der Waals surface area contributed by atoms with Crippen LogP contribution in [0.3, 0.4) is 0 Å². The normalized spacial score (nSPS) is 11.4. The zero-order chi connectivity index (χ0) is 23.0. The Labute approximate surface area is 194 Å². The molecule has 0 spiro atoms. The van der Waals surface area contributed by atoms with Crippen LogP contribution in [0.2, 0.25) is 0 Å². The van der Waals surface area contributed by atoms with Gasteiger partial charge in [-0.2, -0.15) is 0 Å². The van der Waals surface area contributed by atoms with Gasteiger partial charge in [-0.3, -0.25) is 9.59 Å². The lowest BCUT2D eigenvalue weighted by Crippen LogP contribution is -2.33. The first-order valence-electron chi connectivity index (χ1n) is 10.3. The zero-order valence-electron chi connectivity index (χ0n) is 17.5. The van der Waals surface area contributed by atoms with Crippen LogP contribution in [0.5, 0.6) is 5.75 Å². The predicted octanol–water partition coefficient (Wildman–Crippen LogP) is 5.42. The minimum atomic E-state index is -0.432. The predicted molar refractivity (Wildman–Crippen MR) is 127 cm³/mol. The Hall–Kier alpha value is -3.97. The number of amides is 2. The summed E-state index contributed by atoms with van der Waals surface area (Å²) in [6.45, 7) is -0.279. The maximum Gasteiger partial charge on any atom is 0.259 e. The van der Waals surface area contributed by atoms with E-state index in [1.54, 1.807) is 48.5 Å². The molecule has 5 nitrogen and oxygen atoms in total. The molecule has 1 atom stereocenters. The number of carbonyl (C=O) groups is 2. The average Bonchev–Trinajstić information content (AvgIpc) is 3.37. The summed E-state index contributed by atoms with van der Waals surface area (Å²) in [4.78, 5) is 26.3. The Morgan fingerprint density at radius 2 is 1.61 bits per heavy atom. The van der Waals surface area contributed by atoms with E-state index in [-0.39, 0.29) is 24.2 Å². The smallest absolute Gasteiger partial charge is 0.259 e. The number of benzene rings is 3. The minimum Gasteiger partial charge on any atom is -0.483 e. The lowest BCUT2D eigenvalue weighted by Gasteiger charge is -2.19. The standard InChI is InChI=1S/C26H21FN2O3S/c27-19-14-12-18(13-15-19)25(23-11-6-16-33-23)29-24(30)17-32-22-10-5-4-9-21(22)26(31)28-20-7-2-1-3-8-20/h1-16,25H,17H2,(H,28,31)(H,29,30)/t25-/m0/s1.